The van der Waals surface area contributed by atoms with Gasteiger partial charge >= 0.3 is 0 Å². The Kier molecular flexibility index (Phi) is 4.19. The molecule has 0 aliphatic carbocycles. The van der Waals surface area contributed by atoms with Gasteiger partial charge in [0.25, 0.3) is 0 Å². The van der Waals surface area contributed by atoms with Crippen molar-refractivity contribution in [1.29, 1.82) is 0 Å². The Labute approximate surface area is 78.8 Å². The van der Waals surface area contributed by atoms with Crippen LogP contribution in [0.1, 0.15) is 18.4 Å². The maximum absolute atomic E-state index is 11.3. The van der Waals surface area contributed by atoms with Crippen molar-refractivity contribution in [2.45, 2.75) is 19.3 Å². The van der Waals surface area contributed by atoms with Crippen LogP contribution in [0.4, 0.5) is 0 Å². The minimum absolute atomic E-state index is 0.275. The summed E-state index contributed by atoms with van der Waals surface area (Å²) in [6.07, 6.45) is 1.94. The molecule has 0 aliphatic rings. The van der Waals surface area contributed by atoms with E-state index in [9.17, 15) is 4.79 Å². The lowest BCUT2D eigenvalue weighted by Gasteiger charge is -1.99. The van der Waals surface area contributed by atoms with Crippen molar-refractivity contribution in [3.8, 4) is 0 Å². The second-order valence-corrected chi connectivity index (χ2v) is 3.09. The van der Waals surface area contributed by atoms with E-state index < -0.39 is 0 Å². The van der Waals surface area contributed by atoms with Gasteiger partial charge in [0.05, 0.1) is 0 Å². The number of carbonyl (C=O) groups is 1. The molecule has 0 heterocycles. The van der Waals surface area contributed by atoms with Crippen LogP contribution in [-0.4, -0.2) is 12.3 Å². The highest BCUT2D eigenvalue weighted by molar-refractivity contribution is 5.80. The first kappa shape index (κ1) is 9.93. The molecule has 1 aromatic carbocycles. The molecule has 2 nitrogen and oxygen atoms in total. The molecular formula is C11H15NO. The molecule has 2 N–H and O–H groups in total. The van der Waals surface area contributed by atoms with Crippen molar-refractivity contribution in [2.24, 2.45) is 5.73 Å². The Hall–Kier alpha value is -1.15. The molecule has 0 spiro atoms. The molecule has 0 atom stereocenters. The molecule has 0 aliphatic heterocycles. The minimum atomic E-state index is 0.275. The number of hydrogen-bond acceptors (Lipinski definition) is 2. The first-order chi connectivity index (χ1) is 6.33. The van der Waals surface area contributed by atoms with Crippen LogP contribution in [0.5, 0.6) is 0 Å². The normalized spacial score (nSPS) is 9.92. The predicted octanol–water partition coefficient (Wildman–Crippen LogP) is 1.54. The summed E-state index contributed by atoms with van der Waals surface area (Å²) in [7, 11) is 0. The fourth-order valence-corrected chi connectivity index (χ4v) is 1.21. The van der Waals surface area contributed by atoms with Crippen molar-refractivity contribution >= 4 is 5.78 Å². The summed E-state index contributed by atoms with van der Waals surface area (Å²) >= 11 is 0. The van der Waals surface area contributed by atoms with Crippen LogP contribution >= 0.6 is 0 Å². The van der Waals surface area contributed by atoms with Crippen LogP contribution in [0.2, 0.25) is 0 Å². The fraction of sp³-hybridized carbons (Fsp3) is 0.364. The number of rotatable bonds is 5. The van der Waals surface area contributed by atoms with E-state index >= 15 is 0 Å². The molecule has 0 amide bonds. The molecule has 13 heavy (non-hydrogen) atoms. The van der Waals surface area contributed by atoms with Gasteiger partial charge in [0.1, 0.15) is 5.78 Å². The summed E-state index contributed by atoms with van der Waals surface area (Å²) in [4.78, 5) is 11.3. The quantitative estimate of drug-likeness (QED) is 0.741. The molecule has 70 valence electrons. The number of Topliss-reactive ketones (excluding diaryl/α,β-unsaturated/α-hetero) is 1. The van der Waals surface area contributed by atoms with Crippen LogP contribution in [0.25, 0.3) is 0 Å². The molecule has 0 radical (unpaired) electrons. The van der Waals surface area contributed by atoms with Crippen molar-refractivity contribution < 1.29 is 4.79 Å². The van der Waals surface area contributed by atoms with Crippen LogP contribution in [0.3, 0.4) is 0 Å². The van der Waals surface area contributed by atoms with E-state index in [1.807, 2.05) is 30.3 Å². The van der Waals surface area contributed by atoms with Gasteiger partial charge in [-0.25, -0.2) is 0 Å². The highest BCUT2D eigenvalue weighted by atomic mass is 16.1. The summed E-state index contributed by atoms with van der Waals surface area (Å²) in [5.74, 6) is 0.275. The van der Waals surface area contributed by atoms with Gasteiger partial charge in [-0.1, -0.05) is 30.3 Å². The Balaban J connectivity index is 2.37. The summed E-state index contributed by atoms with van der Waals surface area (Å²) in [6, 6.07) is 9.80. The van der Waals surface area contributed by atoms with E-state index in [-0.39, 0.29) is 5.78 Å². The van der Waals surface area contributed by atoms with E-state index in [1.54, 1.807) is 0 Å². The smallest absolute Gasteiger partial charge is 0.137 e. The van der Waals surface area contributed by atoms with Gasteiger partial charge < -0.3 is 5.73 Å². The van der Waals surface area contributed by atoms with Gasteiger partial charge in [0.15, 0.2) is 0 Å². The van der Waals surface area contributed by atoms with Gasteiger partial charge in [-0.05, 0) is 18.5 Å². The van der Waals surface area contributed by atoms with Crippen molar-refractivity contribution in [1.82, 2.24) is 0 Å². The van der Waals surface area contributed by atoms with Crippen molar-refractivity contribution in [3.05, 3.63) is 35.9 Å². The molecule has 0 unspecified atom stereocenters. The largest absolute Gasteiger partial charge is 0.330 e. The summed E-state index contributed by atoms with van der Waals surface area (Å²) in [5, 5.41) is 0. The van der Waals surface area contributed by atoms with Crippen LogP contribution < -0.4 is 5.73 Å². The highest BCUT2D eigenvalue weighted by Crippen LogP contribution is 2.02. The molecule has 0 saturated heterocycles. The number of hydrogen-bond donors (Lipinski definition) is 1. The fourth-order valence-electron chi connectivity index (χ4n) is 1.21. The van der Waals surface area contributed by atoms with E-state index in [1.165, 1.54) is 0 Å². The van der Waals surface area contributed by atoms with Crippen LogP contribution in [0, 0.1) is 0 Å². The second kappa shape index (κ2) is 5.49. The van der Waals surface area contributed by atoms with Gasteiger partial charge in [0.2, 0.25) is 0 Å². The Morgan fingerprint density at radius 3 is 2.54 bits per heavy atom. The number of carbonyl (C=O) groups excluding carboxylic acids is 1. The lowest BCUT2D eigenvalue weighted by molar-refractivity contribution is -0.118. The highest BCUT2D eigenvalue weighted by Gasteiger charge is 2.01. The molecule has 0 fully saturated rings. The molecular weight excluding hydrogens is 162 g/mol. The Morgan fingerprint density at radius 1 is 1.23 bits per heavy atom. The van der Waals surface area contributed by atoms with E-state index in [0.29, 0.717) is 19.4 Å². The minimum Gasteiger partial charge on any atom is -0.330 e. The first-order valence-corrected chi connectivity index (χ1v) is 4.58. The topological polar surface area (TPSA) is 43.1 Å². The summed E-state index contributed by atoms with van der Waals surface area (Å²) < 4.78 is 0. The monoisotopic (exact) mass is 177 g/mol. The standard InChI is InChI=1S/C11H15NO/c12-8-4-7-11(13)9-10-5-2-1-3-6-10/h1-3,5-6H,4,7-9,12H2. The predicted molar refractivity (Wildman–Crippen MR) is 53.4 cm³/mol. The van der Waals surface area contributed by atoms with Crippen LogP contribution in [-0.2, 0) is 11.2 Å². The Bertz CT molecular complexity index is 256. The van der Waals surface area contributed by atoms with Crippen LogP contribution in [0.15, 0.2) is 30.3 Å². The zero-order chi connectivity index (χ0) is 9.52. The molecule has 0 aromatic heterocycles. The number of ketones is 1. The zero-order valence-electron chi connectivity index (χ0n) is 7.70. The first-order valence-electron chi connectivity index (χ1n) is 4.58. The third kappa shape index (κ3) is 3.85. The third-order valence-electron chi connectivity index (χ3n) is 1.90. The molecule has 1 aromatic rings. The van der Waals surface area contributed by atoms with Gasteiger partial charge in [-0.3, -0.25) is 4.79 Å². The summed E-state index contributed by atoms with van der Waals surface area (Å²) in [6.45, 7) is 0.598. The van der Waals surface area contributed by atoms with E-state index in [0.717, 1.165) is 12.0 Å². The second-order valence-electron chi connectivity index (χ2n) is 3.09. The number of benzene rings is 1. The SMILES string of the molecule is NCCCC(=O)Cc1ccccc1. The van der Waals surface area contributed by atoms with Crippen molar-refractivity contribution in [2.75, 3.05) is 6.54 Å². The Morgan fingerprint density at radius 2 is 1.92 bits per heavy atom. The lowest BCUT2D eigenvalue weighted by atomic mass is 10.1. The molecule has 0 saturated carbocycles. The average molecular weight is 177 g/mol. The molecule has 1 rings (SSSR count). The maximum atomic E-state index is 11.3. The summed E-state index contributed by atoms with van der Waals surface area (Å²) in [5.41, 5.74) is 6.41. The third-order valence-corrected chi connectivity index (χ3v) is 1.90. The lowest BCUT2D eigenvalue weighted by Crippen LogP contribution is -2.06. The van der Waals surface area contributed by atoms with E-state index in [2.05, 4.69) is 0 Å². The molecule has 0 bridgehead atoms. The van der Waals surface area contributed by atoms with Gasteiger partial charge in [0, 0.05) is 12.8 Å². The van der Waals surface area contributed by atoms with Crippen molar-refractivity contribution in [3.63, 3.8) is 0 Å². The van der Waals surface area contributed by atoms with Gasteiger partial charge in [-0.2, -0.15) is 0 Å². The maximum Gasteiger partial charge on any atom is 0.137 e. The zero-order valence-corrected chi connectivity index (χ0v) is 7.70. The number of nitrogens with two attached hydrogens (primary N) is 1. The van der Waals surface area contributed by atoms with Gasteiger partial charge in [-0.15, -0.1) is 0 Å². The molecule has 2 heteroatoms. The average Bonchev–Trinajstić information content (AvgIpc) is 2.16. The van der Waals surface area contributed by atoms with E-state index in [4.69, 9.17) is 5.73 Å².